The van der Waals surface area contributed by atoms with Crippen molar-refractivity contribution < 1.29 is 8.95 Å². The van der Waals surface area contributed by atoms with Gasteiger partial charge in [-0.2, -0.15) is 0 Å². The predicted octanol–water partition coefficient (Wildman–Crippen LogP) is 2.98. The van der Waals surface area contributed by atoms with E-state index in [1.54, 1.807) is 0 Å². The van der Waals surface area contributed by atoms with Crippen LogP contribution < -0.4 is 4.74 Å². The third kappa shape index (κ3) is 3.56. The lowest BCUT2D eigenvalue weighted by atomic mass is 10.2. The second-order valence-electron chi connectivity index (χ2n) is 4.88. The molecule has 1 aliphatic rings. The van der Waals surface area contributed by atoms with Gasteiger partial charge in [0.1, 0.15) is 16.7 Å². The van der Waals surface area contributed by atoms with Crippen LogP contribution in [0.2, 0.25) is 0 Å². The Labute approximate surface area is 112 Å². The molecule has 1 fully saturated rings. The van der Waals surface area contributed by atoms with Gasteiger partial charge in [-0.3, -0.25) is 0 Å². The lowest BCUT2D eigenvalue weighted by molar-refractivity contribution is 0.242. The number of piperidine rings is 1. The molecular weight excluding hydrogens is 246 g/mol. The average molecular weight is 267 g/mol. The molecule has 0 aliphatic carbocycles. The average Bonchev–Trinajstić information content (AvgIpc) is 2.39. The monoisotopic (exact) mass is 267 g/mol. The topological polar surface area (TPSA) is 29.5 Å². The molecule has 0 N–H and O–H groups in total. The van der Waals surface area contributed by atoms with E-state index in [2.05, 4.69) is 4.31 Å². The maximum atomic E-state index is 12.3. The molecule has 1 saturated heterocycles. The van der Waals surface area contributed by atoms with E-state index >= 15 is 0 Å². The summed E-state index contributed by atoms with van der Waals surface area (Å²) >= 11 is 0. The van der Waals surface area contributed by atoms with Crippen molar-refractivity contribution in [2.45, 2.75) is 44.1 Å². The quantitative estimate of drug-likeness (QED) is 0.839. The molecule has 100 valence electrons. The van der Waals surface area contributed by atoms with Crippen molar-refractivity contribution in [2.75, 3.05) is 13.1 Å². The highest BCUT2D eigenvalue weighted by Crippen LogP contribution is 2.20. The molecule has 0 saturated carbocycles. The smallest absolute Gasteiger partial charge is 0.127 e. The Kier molecular flexibility index (Phi) is 4.78. The van der Waals surface area contributed by atoms with Crippen molar-refractivity contribution in [3.63, 3.8) is 0 Å². The van der Waals surface area contributed by atoms with Crippen LogP contribution in [0.4, 0.5) is 0 Å². The standard InChI is InChI=1S/C14H21NO2S/c1-12(2)17-13-6-8-14(9-7-13)18(16)15-10-4-3-5-11-15/h6-9,12H,3-5,10-11H2,1-2H3. The third-order valence-corrected chi connectivity index (χ3v) is 4.46. The maximum Gasteiger partial charge on any atom is 0.127 e. The van der Waals surface area contributed by atoms with E-state index < -0.39 is 11.0 Å². The minimum atomic E-state index is -1.01. The van der Waals surface area contributed by atoms with Gasteiger partial charge in [0.05, 0.1) is 11.0 Å². The number of nitrogens with zero attached hydrogens (tertiary/aromatic N) is 1. The van der Waals surface area contributed by atoms with Gasteiger partial charge in [-0.15, -0.1) is 0 Å². The van der Waals surface area contributed by atoms with E-state index in [1.807, 2.05) is 38.1 Å². The molecule has 1 aliphatic heterocycles. The molecule has 4 heteroatoms. The fraction of sp³-hybridized carbons (Fsp3) is 0.571. The summed E-state index contributed by atoms with van der Waals surface area (Å²) < 4.78 is 20.0. The second-order valence-corrected chi connectivity index (χ2v) is 6.36. The Bertz CT molecular complexity index is 397. The highest BCUT2D eigenvalue weighted by molar-refractivity contribution is 7.82. The number of hydrogen-bond donors (Lipinski definition) is 0. The Morgan fingerprint density at radius 2 is 1.72 bits per heavy atom. The predicted molar refractivity (Wildman–Crippen MR) is 74.0 cm³/mol. The van der Waals surface area contributed by atoms with Crippen LogP contribution in [0.5, 0.6) is 5.75 Å². The summed E-state index contributed by atoms with van der Waals surface area (Å²) in [4.78, 5) is 0.869. The van der Waals surface area contributed by atoms with E-state index in [-0.39, 0.29) is 6.10 Å². The van der Waals surface area contributed by atoms with Crippen LogP contribution in [0.25, 0.3) is 0 Å². The molecule has 0 radical (unpaired) electrons. The summed E-state index contributed by atoms with van der Waals surface area (Å²) in [5.74, 6) is 0.837. The fourth-order valence-electron chi connectivity index (χ4n) is 2.09. The number of hydrogen-bond acceptors (Lipinski definition) is 2. The SMILES string of the molecule is CC(C)Oc1ccc(S(=O)N2CCCCC2)cc1. The van der Waals surface area contributed by atoms with E-state index in [9.17, 15) is 4.21 Å². The number of benzene rings is 1. The fourth-order valence-corrected chi connectivity index (χ4v) is 3.34. The van der Waals surface area contributed by atoms with Gasteiger partial charge in [0.25, 0.3) is 0 Å². The van der Waals surface area contributed by atoms with Crippen molar-refractivity contribution >= 4 is 11.0 Å². The summed E-state index contributed by atoms with van der Waals surface area (Å²) in [7, 11) is -1.01. The lowest BCUT2D eigenvalue weighted by Gasteiger charge is -2.25. The molecular formula is C14H21NO2S. The normalized spacial score (nSPS) is 18.8. The summed E-state index contributed by atoms with van der Waals surface area (Å²) in [5.41, 5.74) is 0. The zero-order valence-corrected chi connectivity index (χ0v) is 11.9. The Hall–Kier alpha value is -0.870. The van der Waals surface area contributed by atoms with Crippen molar-refractivity contribution in [1.82, 2.24) is 4.31 Å². The second kappa shape index (κ2) is 6.34. The Morgan fingerprint density at radius 1 is 1.11 bits per heavy atom. The minimum absolute atomic E-state index is 0.170. The number of ether oxygens (including phenoxy) is 1. The highest BCUT2D eigenvalue weighted by Gasteiger charge is 2.17. The molecule has 0 aromatic heterocycles. The zero-order chi connectivity index (χ0) is 13.0. The van der Waals surface area contributed by atoms with E-state index in [0.29, 0.717) is 0 Å². The zero-order valence-electron chi connectivity index (χ0n) is 11.1. The molecule has 2 rings (SSSR count). The van der Waals surface area contributed by atoms with Gasteiger partial charge < -0.3 is 4.74 Å². The van der Waals surface area contributed by atoms with Gasteiger partial charge in [0.15, 0.2) is 0 Å². The molecule has 1 aromatic carbocycles. The molecule has 3 nitrogen and oxygen atoms in total. The number of rotatable bonds is 4. The molecule has 1 unspecified atom stereocenters. The Morgan fingerprint density at radius 3 is 2.28 bits per heavy atom. The van der Waals surface area contributed by atoms with Gasteiger partial charge in [0.2, 0.25) is 0 Å². The minimum Gasteiger partial charge on any atom is -0.491 e. The first-order valence-corrected chi connectivity index (χ1v) is 7.71. The first-order valence-electron chi connectivity index (χ1n) is 6.60. The van der Waals surface area contributed by atoms with E-state index in [0.717, 1.165) is 36.6 Å². The molecule has 0 bridgehead atoms. The lowest BCUT2D eigenvalue weighted by Crippen LogP contribution is -2.31. The summed E-state index contributed by atoms with van der Waals surface area (Å²) in [5, 5.41) is 0. The van der Waals surface area contributed by atoms with Crippen LogP contribution in [-0.2, 0) is 11.0 Å². The largest absolute Gasteiger partial charge is 0.491 e. The third-order valence-electron chi connectivity index (χ3n) is 2.95. The molecule has 18 heavy (non-hydrogen) atoms. The van der Waals surface area contributed by atoms with Gasteiger partial charge >= 0.3 is 0 Å². The van der Waals surface area contributed by atoms with Gasteiger partial charge in [-0.1, -0.05) is 6.42 Å². The van der Waals surface area contributed by atoms with Crippen LogP contribution in [0.1, 0.15) is 33.1 Å². The van der Waals surface area contributed by atoms with Crippen LogP contribution in [0.15, 0.2) is 29.2 Å². The first-order chi connectivity index (χ1) is 8.66. The summed E-state index contributed by atoms with van der Waals surface area (Å²) in [6, 6.07) is 7.61. The summed E-state index contributed by atoms with van der Waals surface area (Å²) in [6.45, 7) is 5.88. The Balaban J connectivity index is 2.02. The van der Waals surface area contributed by atoms with Crippen LogP contribution in [0.3, 0.4) is 0 Å². The van der Waals surface area contributed by atoms with Gasteiger partial charge in [-0.05, 0) is 51.0 Å². The van der Waals surface area contributed by atoms with Gasteiger partial charge in [0, 0.05) is 13.1 Å². The van der Waals surface area contributed by atoms with Crippen LogP contribution in [0, 0.1) is 0 Å². The van der Waals surface area contributed by atoms with Crippen molar-refractivity contribution in [3.8, 4) is 5.75 Å². The maximum absolute atomic E-state index is 12.3. The molecule has 0 spiro atoms. The summed E-state index contributed by atoms with van der Waals surface area (Å²) in [6.07, 6.45) is 3.73. The van der Waals surface area contributed by atoms with Crippen molar-refractivity contribution in [1.29, 1.82) is 0 Å². The van der Waals surface area contributed by atoms with Crippen LogP contribution in [-0.4, -0.2) is 27.7 Å². The van der Waals surface area contributed by atoms with E-state index in [4.69, 9.17) is 4.74 Å². The van der Waals surface area contributed by atoms with Crippen molar-refractivity contribution in [2.24, 2.45) is 0 Å². The van der Waals surface area contributed by atoms with Gasteiger partial charge in [-0.25, -0.2) is 8.51 Å². The highest BCUT2D eigenvalue weighted by atomic mass is 32.2. The molecule has 0 amide bonds. The first kappa shape index (κ1) is 13.6. The molecule has 1 heterocycles. The van der Waals surface area contributed by atoms with Crippen molar-refractivity contribution in [3.05, 3.63) is 24.3 Å². The van der Waals surface area contributed by atoms with Crippen LogP contribution >= 0.6 is 0 Å². The molecule has 1 atom stereocenters. The van der Waals surface area contributed by atoms with E-state index in [1.165, 1.54) is 6.42 Å². The molecule has 1 aromatic rings.